The van der Waals surface area contributed by atoms with Crippen molar-refractivity contribution in [3.05, 3.63) is 36.5 Å². The molecule has 0 aromatic heterocycles. The quantitative estimate of drug-likeness (QED) is 0.0265. The second-order valence-corrected chi connectivity index (χ2v) is 17.8. The Labute approximate surface area is 363 Å². The van der Waals surface area contributed by atoms with E-state index < -0.39 is 32.5 Å². The highest BCUT2D eigenvalue weighted by Crippen LogP contribution is 2.43. The zero-order chi connectivity index (χ0) is 43.2. The van der Waals surface area contributed by atoms with E-state index in [9.17, 15) is 19.0 Å². The van der Waals surface area contributed by atoms with E-state index in [4.69, 9.17) is 24.3 Å². The number of phosphoric ester groups is 1. The SMILES string of the molecule is CCCCCCCCC=CCC=CCC=CCCCC(=O)O[C@H](COC(=O)CCCCCCCCCCCCCCCCCCCCCCC)COP(=O)(O)OCCN. The fourth-order valence-electron chi connectivity index (χ4n) is 6.89. The van der Waals surface area contributed by atoms with Crippen LogP contribution in [0.15, 0.2) is 36.5 Å². The van der Waals surface area contributed by atoms with Gasteiger partial charge in [-0.05, 0) is 44.9 Å². The Bertz CT molecular complexity index is 1060. The van der Waals surface area contributed by atoms with Gasteiger partial charge in [0.25, 0.3) is 0 Å². The molecule has 0 fully saturated rings. The maximum Gasteiger partial charge on any atom is 0.472 e. The van der Waals surface area contributed by atoms with E-state index in [2.05, 4.69) is 44.2 Å². The van der Waals surface area contributed by atoms with Crippen molar-refractivity contribution in [2.24, 2.45) is 5.73 Å². The number of carbonyl (C=O) groups is 2. The van der Waals surface area contributed by atoms with Gasteiger partial charge in [0.05, 0.1) is 13.2 Å². The van der Waals surface area contributed by atoms with Gasteiger partial charge in [-0.2, -0.15) is 0 Å². The van der Waals surface area contributed by atoms with Crippen molar-refractivity contribution in [3.8, 4) is 0 Å². The summed E-state index contributed by atoms with van der Waals surface area (Å²) in [7, 11) is -4.39. The van der Waals surface area contributed by atoms with Crippen LogP contribution in [0, 0.1) is 0 Å². The second-order valence-electron chi connectivity index (χ2n) is 16.3. The number of nitrogens with two attached hydrogens (primary N) is 1. The van der Waals surface area contributed by atoms with Crippen molar-refractivity contribution >= 4 is 19.8 Å². The zero-order valence-corrected chi connectivity index (χ0v) is 39.1. The minimum Gasteiger partial charge on any atom is -0.462 e. The number of rotatable bonds is 46. The van der Waals surface area contributed by atoms with Gasteiger partial charge in [0.15, 0.2) is 6.10 Å². The summed E-state index contributed by atoms with van der Waals surface area (Å²) < 4.78 is 32.8. The predicted octanol–water partition coefficient (Wildman–Crippen LogP) is 14.5. The first kappa shape index (κ1) is 57.2. The fourth-order valence-corrected chi connectivity index (χ4v) is 7.65. The molecule has 346 valence electrons. The highest BCUT2D eigenvalue weighted by molar-refractivity contribution is 7.47. The van der Waals surface area contributed by atoms with E-state index in [1.54, 1.807) is 0 Å². The molecule has 0 heterocycles. The molecule has 0 aliphatic rings. The van der Waals surface area contributed by atoms with Gasteiger partial charge < -0.3 is 20.1 Å². The first-order valence-electron chi connectivity index (χ1n) is 24.5. The molecule has 0 bridgehead atoms. The molecule has 2 atom stereocenters. The van der Waals surface area contributed by atoms with E-state index >= 15 is 0 Å². The predicted molar refractivity (Wildman–Crippen MR) is 247 cm³/mol. The molecule has 0 aromatic carbocycles. The Hall–Kier alpha value is -1.77. The summed E-state index contributed by atoms with van der Waals surface area (Å²) >= 11 is 0. The van der Waals surface area contributed by atoms with Gasteiger partial charge in [-0.15, -0.1) is 0 Å². The first-order chi connectivity index (χ1) is 28.8. The molecule has 10 heteroatoms. The number of esters is 2. The number of hydrogen-bond donors (Lipinski definition) is 2. The third-order valence-corrected chi connectivity index (χ3v) is 11.5. The Balaban J connectivity index is 4.10. The van der Waals surface area contributed by atoms with E-state index in [0.717, 1.165) is 44.9 Å². The minimum absolute atomic E-state index is 0.0465. The highest BCUT2D eigenvalue weighted by Gasteiger charge is 2.26. The van der Waals surface area contributed by atoms with Crippen LogP contribution >= 0.6 is 7.82 Å². The minimum atomic E-state index is -4.39. The third-order valence-electron chi connectivity index (χ3n) is 10.5. The van der Waals surface area contributed by atoms with Crippen molar-refractivity contribution in [2.45, 2.75) is 238 Å². The first-order valence-corrected chi connectivity index (χ1v) is 26.0. The molecule has 0 saturated heterocycles. The Morgan fingerprint density at radius 2 is 0.898 bits per heavy atom. The van der Waals surface area contributed by atoms with Crippen LogP contribution in [0.4, 0.5) is 0 Å². The number of phosphoric acid groups is 1. The summed E-state index contributed by atoms with van der Waals surface area (Å²) in [5.41, 5.74) is 5.36. The molecule has 0 spiro atoms. The van der Waals surface area contributed by atoms with Gasteiger partial charge >= 0.3 is 19.8 Å². The van der Waals surface area contributed by atoms with Crippen LogP contribution in [0.3, 0.4) is 0 Å². The normalized spacial score (nSPS) is 13.5. The van der Waals surface area contributed by atoms with Gasteiger partial charge in [0.1, 0.15) is 6.61 Å². The molecule has 0 radical (unpaired) electrons. The van der Waals surface area contributed by atoms with E-state index in [-0.39, 0.29) is 32.6 Å². The molecule has 3 N–H and O–H groups in total. The van der Waals surface area contributed by atoms with Crippen molar-refractivity contribution in [3.63, 3.8) is 0 Å². The third kappa shape index (κ3) is 45.6. The number of hydrogen-bond acceptors (Lipinski definition) is 8. The van der Waals surface area contributed by atoms with Crippen LogP contribution in [0.2, 0.25) is 0 Å². The maximum atomic E-state index is 12.6. The average molecular weight is 854 g/mol. The van der Waals surface area contributed by atoms with Crippen LogP contribution < -0.4 is 5.73 Å². The molecule has 0 amide bonds. The standard InChI is InChI=1S/C49H92NO8P/c1-3-5-7-9-11-13-15-17-19-21-22-23-24-26-27-29-31-33-35-37-39-41-48(51)55-45-47(46-57-59(53,54)56-44-43-50)58-49(52)42-40-38-36-34-32-30-28-25-20-18-16-14-12-10-8-6-4-2/h18,20,28,30,34,36,47H,3-17,19,21-27,29,31-33,35,37-46,50H2,1-2H3,(H,53,54)/t47-/m1/s1. The highest BCUT2D eigenvalue weighted by atomic mass is 31.2. The summed E-state index contributed by atoms with van der Waals surface area (Å²) in [6.45, 7) is 3.70. The van der Waals surface area contributed by atoms with Crippen LogP contribution in [0.1, 0.15) is 232 Å². The van der Waals surface area contributed by atoms with Crippen molar-refractivity contribution in [1.82, 2.24) is 0 Å². The number of unbranched alkanes of at least 4 members (excludes halogenated alkanes) is 27. The van der Waals surface area contributed by atoms with Gasteiger partial charge in [0, 0.05) is 19.4 Å². The van der Waals surface area contributed by atoms with E-state index in [1.165, 1.54) is 154 Å². The lowest BCUT2D eigenvalue weighted by atomic mass is 10.0. The average Bonchev–Trinajstić information content (AvgIpc) is 3.22. The van der Waals surface area contributed by atoms with Gasteiger partial charge in [-0.1, -0.05) is 211 Å². The van der Waals surface area contributed by atoms with Crippen LogP contribution in [-0.2, 0) is 32.7 Å². The topological polar surface area (TPSA) is 134 Å². The molecule has 0 rings (SSSR count). The molecule has 1 unspecified atom stereocenters. The fraction of sp³-hybridized carbons (Fsp3) is 0.837. The maximum absolute atomic E-state index is 12.6. The largest absolute Gasteiger partial charge is 0.472 e. The Morgan fingerprint density at radius 1 is 0.508 bits per heavy atom. The molecule has 0 aliphatic heterocycles. The number of allylic oxidation sites excluding steroid dienone is 6. The smallest absolute Gasteiger partial charge is 0.462 e. The van der Waals surface area contributed by atoms with Crippen LogP contribution in [0.5, 0.6) is 0 Å². The summed E-state index contributed by atoms with van der Waals surface area (Å²) in [4.78, 5) is 34.9. The van der Waals surface area contributed by atoms with Crippen molar-refractivity contribution < 1.29 is 37.6 Å². The van der Waals surface area contributed by atoms with E-state index in [1.807, 2.05) is 6.08 Å². The van der Waals surface area contributed by atoms with Gasteiger partial charge in [-0.25, -0.2) is 4.57 Å². The van der Waals surface area contributed by atoms with Crippen molar-refractivity contribution in [2.75, 3.05) is 26.4 Å². The van der Waals surface area contributed by atoms with Gasteiger partial charge in [-0.3, -0.25) is 18.6 Å². The summed E-state index contributed by atoms with van der Waals surface area (Å²) in [5, 5.41) is 0. The molecular formula is C49H92NO8P. The molecular weight excluding hydrogens is 762 g/mol. The molecule has 9 nitrogen and oxygen atoms in total. The summed E-state index contributed by atoms with van der Waals surface area (Å²) in [6, 6.07) is 0. The van der Waals surface area contributed by atoms with Crippen LogP contribution in [0.25, 0.3) is 0 Å². The molecule has 0 saturated carbocycles. The lowest BCUT2D eigenvalue weighted by Gasteiger charge is -2.19. The zero-order valence-electron chi connectivity index (χ0n) is 38.2. The second kappa shape index (κ2) is 45.7. The molecule has 0 aromatic rings. The van der Waals surface area contributed by atoms with Gasteiger partial charge in [0.2, 0.25) is 0 Å². The Morgan fingerprint density at radius 3 is 1.36 bits per heavy atom. The summed E-state index contributed by atoms with van der Waals surface area (Å²) in [5.74, 6) is -0.880. The lowest BCUT2D eigenvalue weighted by molar-refractivity contribution is -0.161. The van der Waals surface area contributed by atoms with E-state index in [0.29, 0.717) is 6.42 Å². The van der Waals surface area contributed by atoms with Crippen LogP contribution in [-0.4, -0.2) is 49.3 Å². The lowest BCUT2D eigenvalue weighted by Crippen LogP contribution is -2.29. The molecule has 59 heavy (non-hydrogen) atoms. The monoisotopic (exact) mass is 854 g/mol. The Kier molecular flexibility index (Phi) is 44.4. The summed E-state index contributed by atoms with van der Waals surface area (Å²) in [6.07, 6.45) is 51.9. The molecule has 0 aliphatic carbocycles. The number of ether oxygens (including phenoxy) is 2. The van der Waals surface area contributed by atoms with Crippen molar-refractivity contribution in [1.29, 1.82) is 0 Å². The number of carbonyl (C=O) groups excluding carboxylic acids is 2.